The molecule has 0 aromatic carbocycles. The molecule has 3 nitrogen and oxygen atoms in total. The summed E-state index contributed by atoms with van der Waals surface area (Å²) in [5.41, 5.74) is 0. The smallest absolute Gasteiger partial charge is 0.0462 e. The van der Waals surface area contributed by atoms with Crippen molar-refractivity contribution in [2.45, 2.75) is 45.6 Å². The van der Waals surface area contributed by atoms with Gasteiger partial charge in [0.05, 0.1) is 0 Å². The summed E-state index contributed by atoms with van der Waals surface area (Å²) in [4.78, 5) is 2.65. The summed E-state index contributed by atoms with van der Waals surface area (Å²) in [6.07, 6.45) is 5.10. The number of nitrogens with zero attached hydrogens (tertiary/aromatic N) is 1. The summed E-state index contributed by atoms with van der Waals surface area (Å²) in [6.45, 7) is 10.5. The topological polar surface area (TPSA) is 24.5 Å². The van der Waals surface area contributed by atoms with Crippen LogP contribution in [0.2, 0.25) is 0 Å². The molecule has 0 radical (unpaired) electrons. The normalized spacial score (nSPS) is 27.7. The maximum absolute atomic E-state index is 5.08. The van der Waals surface area contributed by atoms with E-state index in [-0.39, 0.29) is 0 Å². The van der Waals surface area contributed by atoms with Gasteiger partial charge in [0.25, 0.3) is 0 Å². The lowest BCUT2D eigenvalue weighted by Gasteiger charge is -2.31. The molecule has 3 heteroatoms. The van der Waals surface area contributed by atoms with Gasteiger partial charge in [-0.15, -0.1) is 0 Å². The van der Waals surface area contributed by atoms with Crippen molar-refractivity contribution in [3.63, 3.8) is 0 Å². The molecule has 1 aliphatic heterocycles. The van der Waals surface area contributed by atoms with Crippen LogP contribution in [0.15, 0.2) is 0 Å². The minimum Gasteiger partial charge on any atom is -0.385 e. The maximum Gasteiger partial charge on any atom is 0.0462 e. The van der Waals surface area contributed by atoms with Crippen LogP contribution in [0.1, 0.15) is 39.5 Å². The number of ether oxygens (including phenoxy) is 1. The molecule has 0 aliphatic carbocycles. The predicted octanol–water partition coefficient (Wildman–Crippen LogP) is 2.12. The summed E-state index contributed by atoms with van der Waals surface area (Å²) in [5, 5.41) is 3.60. The van der Waals surface area contributed by atoms with E-state index in [9.17, 15) is 0 Å². The number of unbranched alkanes of at least 4 members (excludes halogenated alkanes) is 2. The molecule has 0 bridgehead atoms. The third-order valence-electron chi connectivity index (χ3n) is 3.59. The molecule has 1 rings (SSSR count). The first-order chi connectivity index (χ1) is 8.22. The molecule has 1 saturated heterocycles. The number of hydrogen-bond donors (Lipinski definition) is 1. The lowest BCUT2D eigenvalue weighted by atomic mass is 10.1. The quantitative estimate of drug-likeness (QED) is 0.722. The van der Waals surface area contributed by atoms with Gasteiger partial charge in [-0.25, -0.2) is 0 Å². The molecule has 102 valence electrons. The second kappa shape index (κ2) is 8.90. The van der Waals surface area contributed by atoms with Crippen LogP contribution in [0.25, 0.3) is 0 Å². The lowest BCUT2D eigenvalue weighted by molar-refractivity contribution is 0.180. The van der Waals surface area contributed by atoms with Crippen molar-refractivity contribution in [3.8, 4) is 0 Å². The first-order valence-corrected chi connectivity index (χ1v) is 7.17. The van der Waals surface area contributed by atoms with E-state index >= 15 is 0 Å². The van der Waals surface area contributed by atoms with Crippen molar-refractivity contribution in [2.24, 2.45) is 5.92 Å². The highest BCUT2D eigenvalue weighted by Gasteiger charge is 2.15. The molecule has 2 unspecified atom stereocenters. The van der Waals surface area contributed by atoms with Crippen molar-refractivity contribution in [1.29, 1.82) is 0 Å². The molecule has 1 heterocycles. The highest BCUT2D eigenvalue weighted by Crippen LogP contribution is 2.08. The first kappa shape index (κ1) is 14.9. The zero-order valence-electron chi connectivity index (χ0n) is 11.9. The average Bonchev–Trinajstić information content (AvgIpc) is 2.31. The van der Waals surface area contributed by atoms with E-state index in [1.54, 1.807) is 7.11 Å². The summed E-state index contributed by atoms with van der Waals surface area (Å²) < 4.78 is 5.08. The molecule has 2 atom stereocenters. The van der Waals surface area contributed by atoms with E-state index in [4.69, 9.17) is 4.74 Å². The van der Waals surface area contributed by atoms with Gasteiger partial charge < -0.3 is 15.0 Å². The maximum atomic E-state index is 5.08. The Labute approximate surface area is 107 Å². The molecule has 0 amide bonds. The van der Waals surface area contributed by atoms with E-state index in [2.05, 4.69) is 24.1 Å². The first-order valence-electron chi connectivity index (χ1n) is 7.17. The van der Waals surface area contributed by atoms with E-state index in [0.29, 0.717) is 6.04 Å². The summed E-state index contributed by atoms with van der Waals surface area (Å²) >= 11 is 0. The summed E-state index contributed by atoms with van der Waals surface area (Å²) in [5.74, 6) is 0.775. The SMILES string of the molecule is COCCCCCN1CCC(C)NCC(C)C1. The molecule has 1 aliphatic rings. The Balaban J connectivity index is 2.16. The third-order valence-corrected chi connectivity index (χ3v) is 3.59. The van der Waals surface area contributed by atoms with Crippen molar-refractivity contribution in [3.05, 3.63) is 0 Å². The van der Waals surface area contributed by atoms with Crippen molar-refractivity contribution in [2.75, 3.05) is 39.9 Å². The van der Waals surface area contributed by atoms with Gasteiger partial charge in [-0.1, -0.05) is 6.92 Å². The third kappa shape index (κ3) is 7.02. The Kier molecular flexibility index (Phi) is 7.82. The Morgan fingerprint density at radius 3 is 2.82 bits per heavy atom. The van der Waals surface area contributed by atoms with E-state index in [0.717, 1.165) is 12.5 Å². The number of hydrogen-bond acceptors (Lipinski definition) is 3. The summed E-state index contributed by atoms with van der Waals surface area (Å²) in [6, 6.07) is 0.675. The van der Waals surface area contributed by atoms with Gasteiger partial charge in [0.2, 0.25) is 0 Å². The molecular weight excluding hydrogens is 212 g/mol. The van der Waals surface area contributed by atoms with Crippen LogP contribution in [0.3, 0.4) is 0 Å². The molecule has 0 aromatic rings. The number of methoxy groups -OCH3 is 1. The van der Waals surface area contributed by atoms with Crippen molar-refractivity contribution in [1.82, 2.24) is 10.2 Å². The highest BCUT2D eigenvalue weighted by atomic mass is 16.5. The van der Waals surface area contributed by atoms with Crippen LogP contribution in [-0.2, 0) is 4.74 Å². The van der Waals surface area contributed by atoms with Crippen LogP contribution in [0.5, 0.6) is 0 Å². The predicted molar refractivity (Wildman–Crippen MR) is 73.4 cm³/mol. The second-order valence-electron chi connectivity index (χ2n) is 5.56. The average molecular weight is 242 g/mol. The van der Waals surface area contributed by atoms with Gasteiger partial charge >= 0.3 is 0 Å². The summed E-state index contributed by atoms with van der Waals surface area (Å²) in [7, 11) is 1.79. The fraction of sp³-hybridized carbons (Fsp3) is 1.00. The Morgan fingerprint density at radius 1 is 1.24 bits per heavy atom. The highest BCUT2D eigenvalue weighted by molar-refractivity contribution is 4.73. The van der Waals surface area contributed by atoms with Gasteiger partial charge in [-0.2, -0.15) is 0 Å². The minimum absolute atomic E-state index is 0.675. The standard InChI is InChI=1S/C14H30N2O/c1-13-11-15-14(2)7-9-16(12-13)8-5-4-6-10-17-3/h13-15H,4-12H2,1-3H3. The molecule has 1 N–H and O–H groups in total. The largest absolute Gasteiger partial charge is 0.385 e. The van der Waals surface area contributed by atoms with Crippen molar-refractivity contribution >= 4 is 0 Å². The molecule has 0 saturated carbocycles. The van der Waals surface area contributed by atoms with Crippen LogP contribution >= 0.6 is 0 Å². The second-order valence-corrected chi connectivity index (χ2v) is 5.56. The van der Waals surface area contributed by atoms with Gasteiger partial charge in [-0.05, 0) is 58.2 Å². The van der Waals surface area contributed by atoms with Crippen LogP contribution in [0.4, 0.5) is 0 Å². The Morgan fingerprint density at radius 2 is 2.06 bits per heavy atom. The van der Waals surface area contributed by atoms with Crippen molar-refractivity contribution < 1.29 is 4.74 Å². The van der Waals surface area contributed by atoms with Crippen LogP contribution in [0, 0.1) is 5.92 Å². The van der Waals surface area contributed by atoms with E-state index in [1.807, 2.05) is 0 Å². The van der Waals surface area contributed by atoms with Crippen LogP contribution < -0.4 is 5.32 Å². The van der Waals surface area contributed by atoms with Gasteiger partial charge in [0, 0.05) is 26.3 Å². The Bertz CT molecular complexity index is 187. The monoisotopic (exact) mass is 242 g/mol. The van der Waals surface area contributed by atoms with Gasteiger partial charge in [-0.3, -0.25) is 0 Å². The van der Waals surface area contributed by atoms with Gasteiger partial charge in [0.1, 0.15) is 0 Å². The minimum atomic E-state index is 0.675. The molecule has 1 fully saturated rings. The van der Waals surface area contributed by atoms with Gasteiger partial charge in [0.15, 0.2) is 0 Å². The fourth-order valence-corrected chi connectivity index (χ4v) is 2.44. The Hall–Kier alpha value is -0.120. The number of rotatable bonds is 6. The zero-order valence-corrected chi connectivity index (χ0v) is 11.9. The lowest BCUT2D eigenvalue weighted by Crippen LogP contribution is -2.42. The van der Waals surface area contributed by atoms with Crippen LogP contribution in [-0.4, -0.2) is 50.8 Å². The number of nitrogens with one attached hydrogen (secondary N) is 1. The fourth-order valence-electron chi connectivity index (χ4n) is 2.44. The molecule has 17 heavy (non-hydrogen) atoms. The molecular formula is C14H30N2O. The van der Waals surface area contributed by atoms with E-state index in [1.165, 1.54) is 51.9 Å². The van der Waals surface area contributed by atoms with E-state index < -0.39 is 0 Å². The molecule has 0 spiro atoms. The molecule has 0 aromatic heterocycles. The zero-order chi connectivity index (χ0) is 12.5.